The lowest BCUT2D eigenvalue weighted by Crippen LogP contribution is -2.16. The van der Waals surface area contributed by atoms with Gasteiger partial charge in [-0.1, -0.05) is 18.2 Å². The Morgan fingerprint density at radius 2 is 1.58 bits per heavy atom. The lowest BCUT2D eigenvalue weighted by molar-refractivity contribution is -0.137. The van der Waals surface area contributed by atoms with Gasteiger partial charge in [-0.25, -0.2) is 8.78 Å². The van der Waals surface area contributed by atoms with Gasteiger partial charge in [0.25, 0.3) is 0 Å². The van der Waals surface area contributed by atoms with Crippen molar-refractivity contribution in [3.8, 4) is 0 Å². The highest BCUT2D eigenvalue weighted by molar-refractivity contribution is 5.95. The summed E-state index contributed by atoms with van der Waals surface area (Å²) in [5, 5.41) is 2.21. The van der Waals surface area contributed by atoms with Crippen LogP contribution in [0.2, 0.25) is 0 Å². The van der Waals surface area contributed by atoms with Crippen LogP contribution in [0.5, 0.6) is 0 Å². The molecule has 126 valence electrons. The van der Waals surface area contributed by atoms with Crippen molar-refractivity contribution in [3.63, 3.8) is 0 Å². The fourth-order valence-electron chi connectivity index (χ4n) is 2.61. The molecule has 0 heterocycles. The first-order valence-electron chi connectivity index (χ1n) is 7.19. The van der Waals surface area contributed by atoms with E-state index in [9.17, 15) is 26.7 Å². The van der Waals surface area contributed by atoms with Crippen molar-refractivity contribution < 1.29 is 26.7 Å². The first-order chi connectivity index (χ1) is 11.3. The number of rotatable bonds is 3. The van der Waals surface area contributed by atoms with Crippen LogP contribution in [0.4, 0.5) is 27.6 Å². The number of para-hydroxylation sites is 1. The molecule has 24 heavy (non-hydrogen) atoms. The average Bonchev–Trinajstić information content (AvgIpc) is 3.31. The molecule has 0 saturated heterocycles. The van der Waals surface area contributed by atoms with Crippen molar-refractivity contribution >= 4 is 11.6 Å². The highest BCUT2D eigenvalue weighted by Crippen LogP contribution is 2.48. The number of amides is 1. The summed E-state index contributed by atoms with van der Waals surface area (Å²) in [6, 6.07) is 7.80. The Kier molecular flexibility index (Phi) is 4.03. The third-order valence-electron chi connectivity index (χ3n) is 4.00. The summed E-state index contributed by atoms with van der Waals surface area (Å²) in [7, 11) is 0. The Labute approximate surface area is 134 Å². The minimum absolute atomic E-state index is 0.248. The highest BCUT2D eigenvalue weighted by atomic mass is 19.4. The van der Waals surface area contributed by atoms with Crippen molar-refractivity contribution in [2.75, 3.05) is 5.32 Å². The molecule has 1 aliphatic rings. The van der Waals surface area contributed by atoms with Crippen LogP contribution < -0.4 is 5.32 Å². The van der Waals surface area contributed by atoms with E-state index >= 15 is 0 Å². The summed E-state index contributed by atoms with van der Waals surface area (Å²) in [4.78, 5) is 12.1. The van der Waals surface area contributed by atoms with E-state index in [1.807, 2.05) is 0 Å². The smallest absolute Gasteiger partial charge is 0.321 e. The summed E-state index contributed by atoms with van der Waals surface area (Å²) >= 11 is 0. The van der Waals surface area contributed by atoms with Crippen LogP contribution in [0.1, 0.15) is 23.5 Å². The molecule has 0 radical (unpaired) electrons. The second-order valence-corrected chi connectivity index (χ2v) is 5.65. The number of halogens is 5. The Morgan fingerprint density at radius 1 is 1.00 bits per heavy atom. The van der Waals surface area contributed by atoms with Crippen LogP contribution in [-0.2, 0) is 11.0 Å². The Balaban J connectivity index is 1.68. The largest absolute Gasteiger partial charge is 0.416 e. The van der Waals surface area contributed by atoms with Gasteiger partial charge in [-0.3, -0.25) is 4.79 Å². The van der Waals surface area contributed by atoms with Crippen molar-refractivity contribution in [2.24, 2.45) is 5.92 Å². The maximum atomic E-state index is 13.5. The van der Waals surface area contributed by atoms with E-state index in [2.05, 4.69) is 5.32 Å². The number of hydrogen-bond acceptors (Lipinski definition) is 1. The Morgan fingerprint density at radius 3 is 2.12 bits per heavy atom. The number of nitrogens with one attached hydrogen (secondary N) is 1. The third kappa shape index (κ3) is 3.25. The maximum absolute atomic E-state index is 13.5. The van der Waals surface area contributed by atoms with Gasteiger partial charge in [0.2, 0.25) is 5.91 Å². The minimum Gasteiger partial charge on any atom is -0.321 e. The van der Waals surface area contributed by atoms with Gasteiger partial charge in [0.05, 0.1) is 5.56 Å². The lowest BCUT2D eigenvalue weighted by atomic mass is 10.1. The summed E-state index contributed by atoms with van der Waals surface area (Å²) in [6.07, 6.45) is -3.99. The molecule has 1 fully saturated rings. The monoisotopic (exact) mass is 341 g/mol. The van der Waals surface area contributed by atoms with Crippen LogP contribution in [0.25, 0.3) is 0 Å². The van der Waals surface area contributed by atoms with Gasteiger partial charge in [0, 0.05) is 5.92 Å². The molecule has 2 atom stereocenters. The molecule has 2 aromatic carbocycles. The standard InChI is InChI=1S/C17H12F5NO/c18-13-2-1-3-14(19)15(13)23-16(24)12-8-11(12)9-4-6-10(7-5-9)17(20,21)22/h1-7,11-12H,8H2,(H,23,24). The second kappa shape index (κ2) is 5.89. The summed E-state index contributed by atoms with van der Waals surface area (Å²) in [5.41, 5.74) is -0.681. The summed E-state index contributed by atoms with van der Waals surface area (Å²) in [6.45, 7) is 0. The first kappa shape index (κ1) is 16.4. The molecule has 0 aliphatic heterocycles. The summed E-state index contributed by atoms with van der Waals surface area (Å²) < 4.78 is 64.6. The molecule has 1 saturated carbocycles. The number of alkyl halides is 3. The molecule has 2 nitrogen and oxygen atoms in total. The van der Waals surface area contributed by atoms with E-state index in [0.29, 0.717) is 12.0 Å². The number of benzene rings is 2. The van der Waals surface area contributed by atoms with Crippen LogP contribution in [0, 0.1) is 17.6 Å². The molecule has 0 aromatic heterocycles. The Hall–Kier alpha value is -2.44. The molecule has 0 spiro atoms. The number of carbonyl (C=O) groups excluding carboxylic acids is 1. The average molecular weight is 341 g/mol. The van der Waals surface area contributed by atoms with Crippen molar-refractivity contribution in [2.45, 2.75) is 18.5 Å². The van der Waals surface area contributed by atoms with Crippen molar-refractivity contribution in [1.82, 2.24) is 0 Å². The van der Waals surface area contributed by atoms with E-state index in [1.54, 1.807) is 0 Å². The maximum Gasteiger partial charge on any atom is 0.416 e. The molecule has 1 amide bonds. The van der Waals surface area contributed by atoms with Gasteiger partial charge >= 0.3 is 6.18 Å². The highest BCUT2D eigenvalue weighted by Gasteiger charge is 2.44. The van der Waals surface area contributed by atoms with Crippen LogP contribution in [-0.4, -0.2) is 5.91 Å². The zero-order valence-electron chi connectivity index (χ0n) is 12.2. The van der Waals surface area contributed by atoms with Gasteiger partial charge in [0.15, 0.2) is 0 Å². The van der Waals surface area contributed by atoms with E-state index in [0.717, 1.165) is 24.3 Å². The van der Waals surface area contributed by atoms with Gasteiger partial charge in [-0.2, -0.15) is 13.2 Å². The molecule has 3 rings (SSSR count). The second-order valence-electron chi connectivity index (χ2n) is 5.65. The van der Waals surface area contributed by atoms with Crippen LogP contribution >= 0.6 is 0 Å². The van der Waals surface area contributed by atoms with Gasteiger partial charge in [-0.05, 0) is 42.2 Å². The van der Waals surface area contributed by atoms with Crippen LogP contribution in [0.15, 0.2) is 42.5 Å². The first-order valence-corrected chi connectivity index (χ1v) is 7.19. The predicted octanol–water partition coefficient (Wildman–Crippen LogP) is 4.73. The Bertz CT molecular complexity index is 749. The number of anilines is 1. The normalized spacial score (nSPS) is 19.9. The predicted molar refractivity (Wildman–Crippen MR) is 77.3 cm³/mol. The molecular formula is C17H12F5NO. The van der Waals surface area contributed by atoms with Gasteiger partial charge < -0.3 is 5.32 Å². The van der Waals surface area contributed by atoms with E-state index in [-0.39, 0.29) is 5.92 Å². The fraction of sp³-hybridized carbons (Fsp3) is 0.235. The van der Waals surface area contributed by atoms with E-state index in [4.69, 9.17) is 0 Å². The quantitative estimate of drug-likeness (QED) is 0.804. The molecule has 1 N–H and O–H groups in total. The minimum atomic E-state index is -4.42. The van der Waals surface area contributed by atoms with E-state index < -0.39 is 40.9 Å². The molecule has 2 unspecified atom stereocenters. The van der Waals surface area contributed by atoms with Crippen molar-refractivity contribution in [3.05, 3.63) is 65.2 Å². The lowest BCUT2D eigenvalue weighted by Gasteiger charge is -2.08. The molecule has 0 bridgehead atoms. The molecular weight excluding hydrogens is 329 g/mol. The van der Waals surface area contributed by atoms with E-state index in [1.165, 1.54) is 18.2 Å². The zero-order chi connectivity index (χ0) is 17.5. The summed E-state index contributed by atoms with van der Waals surface area (Å²) in [5.74, 6) is -3.07. The topological polar surface area (TPSA) is 29.1 Å². The number of carbonyl (C=O) groups is 1. The van der Waals surface area contributed by atoms with Crippen LogP contribution in [0.3, 0.4) is 0 Å². The van der Waals surface area contributed by atoms with Gasteiger partial charge in [-0.15, -0.1) is 0 Å². The molecule has 1 aliphatic carbocycles. The fourth-order valence-corrected chi connectivity index (χ4v) is 2.61. The third-order valence-corrected chi connectivity index (χ3v) is 4.00. The molecule has 2 aromatic rings. The van der Waals surface area contributed by atoms with Gasteiger partial charge in [0.1, 0.15) is 17.3 Å². The number of hydrogen-bond donors (Lipinski definition) is 1. The SMILES string of the molecule is O=C(Nc1c(F)cccc1F)C1CC1c1ccc(C(F)(F)F)cc1. The zero-order valence-corrected chi connectivity index (χ0v) is 12.2. The molecule has 7 heteroatoms. The van der Waals surface area contributed by atoms with Crippen molar-refractivity contribution in [1.29, 1.82) is 0 Å².